The predicted octanol–water partition coefficient (Wildman–Crippen LogP) is 6.35. The van der Waals surface area contributed by atoms with E-state index >= 15 is 0 Å². The number of hydrogen-bond donors (Lipinski definition) is 0. The van der Waals surface area contributed by atoms with E-state index in [2.05, 4.69) is 59.8 Å². The van der Waals surface area contributed by atoms with Crippen LogP contribution in [0.25, 0.3) is 0 Å². The Bertz CT molecular complexity index is 889. The maximum Gasteiger partial charge on any atom is 0.264 e. The average molecular weight is 523 g/mol. The van der Waals surface area contributed by atoms with E-state index in [1.54, 1.807) is 6.07 Å². The summed E-state index contributed by atoms with van der Waals surface area (Å²) in [4.78, 5) is 22.3. The van der Waals surface area contributed by atoms with Gasteiger partial charge in [0.15, 0.2) is 0 Å². The van der Waals surface area contributed by atoms with Crippen LogP contribution in [-0.4, -0.2) is 37.3 Å². The minimum atomic E-state index is -2.02. The molecule has 0 saturated carbocycles. The van der Waals surface area contributed by atoms with Gasteiger partial charge < -0.3 is 9.33 Å². The third-order valence-corrected chi connectivity index (χ3v) is 10.8. The lowest BCUT2D eigenvalue weighted by Crippen LogP contribution is -2.43. The van der Waals surface area contributed by atoms with Crippen LogP contribution in [0.4, 0.5) is 10.1 Å². The van der Waals surface area contributed by atoms with Crippen molar-refractivity contribution in [3.8, 4) is 0 Å². The summed E-state index contributed by atoms with van der Waals surface area (Å²) in [6.45, 7) is 11.1. The van der Waals surface area contributed by atoms with E-state index in [0.717, 1.165) is 0 Å². The molecular formula is C19H23BrCl2FN3O2Si-. The fourth-order valence-electron chi connectivity index (χ4n) is 2.27. The summed E-state index contributed by atoms with van der Waals surface area (Å²) >= 11 is 15.3. The van der Waals surface area contributed by atoms with Gasteiger partial charge in [-0.05, 0) is 42.4 Å². The molecule has 0 aliphatic carbocycles. The van der Waals surface area contributed by atoms with E-state index in [1.807, 2.05) is 0 Å². The lowest BCUT2D eigenvalue weighted by molar-refractivity contribution is 0.0981. The summed E-state index contributed by atoms with van der Waals surface area (Å²) < 4.78 is 20.6. The Kier molecular flexibility index (Phi) is 7.84. The maximum absolute atomic E-state index is 14.1. The van der Waals surface area contributed by atoms with Crippen LogP contribution in [-0.2, 0) is 4.43 Å². The molecule has 0 aliphatic heterocycles. The summed E-state index contributed by atoms with van der Waals surface area (Å²) in [6.07, 6.45) is 1.17. The van der Waals surface area contributed by atoms with Crippen LogP contribution in [0, 0.1) is 5.82 Å². The average Bonchev–Trinajstić information content (AvgIpc) is 2.60. The fraction of sp³-hybridized carbons (Fsp3) is 0.421. The van der Waals surface area contributed by atoms with Gasteiger partial charge in [-0.3, -0.25) is 4.79 Å². The lowest BCUT2D eigenvalue weighted by Gasteiger charge is -2.48. The van der Waals surface area contributed by atoms with Crippen LogP contribution in [0.3, 0.4) is 0 Å². The van der Waals surface area contributed by atoms with E-state index in [1.165, 1.54) is 23.4 Å². The number of rotatable bonds is 6. The quantitative estimate of drug-likeness (QED) is 0.327. The molecule has 0 spiro atoms. The van der Waals surface area contributed by atoms with Crippen molar-refractivity contribution < 1.29 is 13.6 Å². The van der Waals surface area contributed by atoms with E-state index in [0.29, 0.717) is 10.2 Å². The Hall–Kier alpha value is -1.06. The number of benzene rings is 1. The first-order valence-corrected chi connectivity index (χ1v) is 13.4. The normalized spacial score (nSPS) is 12.2. The second kappa shape index (κ2) is 9.39. The van der Waals surface area contributed by atoms with Crippen LogP contribution in [0.2, 0.25) is 28.4 Å². The van der Waals surface area contributed by atoms with Gasteiger partial charge in [0.05, 0.1) is 4.47 Å². The van der Waals surface area contributed by atoms with Crippen molar-refractivity contribution in [2.24, 2.45) is 0 Å². The minimum Gasteiger partial charge on any atom is -0.563 e. The largest absolute Gasteiger partial charge is 0.563 e. The van der Waals surface area contributed by atoms with Crippen molar-refractivity contribution >= 4 is 59.0 Å². The molecule has 0 bridgehead atoms. The molecule has 2 aromatic rings. The second-order valence-corrected chi connectivity index (χ2v) is 14.4. The molecule has 1 heterocycles. The van der Waals surface area contributed by atoms with Crippen LogP contribution in [0.15, 0.2) is 29.0 Å². The van der Waals surface area contributed by atoms with Crippen molar-refractivity contribution in [3.05, 3.63) is 50.7 Å². The van der Waals surface area contributed by atoms with Crippen molar-refractivity contribution in [2.45, 2.75) is 38.9 Å². The molecule has 1 amide bonds. The summed E-state index contributed by atoms with van der Waals surface area (Å²) in [5.74, 6) is -1.02. The molecule has 0 aliphatic rings. The van der Waals surface area contributed by atoms with Gasteiger partial charge in [-0.1, -0.05) is 44.0 Å². The molecule has 0 radical (unpaired) electrons. The zero-order valence-electron chi connectivity index (χ0n) is 16.9. The number of hydrogen-bond acceptors (Lipinski definition) is 4. The minimum absolute atomic E-state index is 0.0193. The molecule has 5 nitrogen and oxygen atoms in total. The van der Waals surface area contributed by atoms with Crippen LogP contribution < -0.4 is 4.90 Å². The Labute approximate surface area is 189 Å². The zero-order chi connectivity index (χ0) is 22.0. The Morgan fingerprint density at radius 1 is 1.24 bits per heavy atom. The molecular weight excluding hydrogens is 500 g/mol. The number of anilines is 1. The number of nitrogens with zero attached hydrogens (tertiary/aromatic N) is 3. The van der Waals surface area contributed by atoms with Gasteiger partial charge in [0.2, 0.25) is 0 Å². The van der Waals surface area contributed by atoms with Crippen LogP contribution >= 0.6 is 39.1 Å². The monoisotopic (exact) mass is 521 g/mol. The van der Waals surface area contributed by atoms with Gasteiger partial charge in [-0.2, -0.15) is 0 Å². The van der Waals surface area contributed by atoms with Crippen molar-refractivity contribution in [3.63, 3.8) is 0 Å². The molecule has 0 N–H and O–H groups in total. The zero-order valence-corrected chi connectivity index (χ0v) is 21.0. The lowest BCUT2D eigenvalue weighted by atomic mass is 10.2. The summed E-state index contributed by atoms with van der Waals surface area (Å²) in [6, 6.07) is 4.42. The standard InChI is InChI=1S/C19H23BrCl2FN3O2Si/c1-19(2,3)29(4,5)28-9-8-26(12-6-7-13(20)14(23)10-12)18(27)15-16(21)24-11-25-17(15)22/h6-7,10-11H,8-9H2,1-5H3/q-1. The highest BCUT2D eigenvalue weighted by molar-refractivity contribution is 9.10. The van der Waals surface area contributed by atoms with Crippen molar-refractivity contribution in [2.75, 3.05) is 18.1 Å². The molecule has 0 unspecified atom stereocenters. The first-order chi connectivity index (χ1) is 13.3. The van der Waals surface area contributed by atoms with Gasteiger partial charge in [0.25, 0.3) is 5.91 Å². The third kappa shape index (κ3) is 5.76. The highest BCUT2D eigenvalue weighted by Crippen LogP contribution is 2.36. The van der Waals surface area contributed by atoms with E-state index < -0.39 is 20.0 Å². The predicted molar refractivity (Wildman–Crippen MR) is 121 cm³/mol. The van der Waals surface area contributed by atoms with E-state index in [4.69, 9.17) is 27.6 Å². The van der Waals surface area contributed by atoms with Crippen molar-refractivity contribution in [1.29, 1.82) is 0 Å². The van der Waals surface area contributed by atoms with Gasteiger partial charge in [-0.25, -0.2) is 14.4 Å². The van der Waals surface area contributed by atoms with Crippen LogP contribution in [0.1, 0.15) is 31.1 Å². The van der Waals surface area contributed by atoms with E-state index in [-0.39, 0.29) is 34.1 Å². The number of aromatic nitrogens is 2. The highest BCUT2D eigenvalue weighted by atomic mass is 79.9. The SMILES string of the molecule is CC(C)(C)[Si-](C)(C)OCCN(C(=O)c1c(Cl)ncnc1Cl)c1ccc(Br)c(F)c1. The van der Waals surface area contributed by atoms with Gasteiger partial charge in [0, 0.05) is 18.8 Å². The molecule has 10 heteroatoms. The number of carbonyl (C=O) groups is 1. The van der Waals surface area contributed by atoms with Gasteiger partial charge in [0.1, 0.15) is 28.0 Å². The molecule has 2 rings (SSSR count). The number of halogens is 4. The summed E-state index contributed by atoms with van der Waals surface area (Å²) in [5.41, 5.74) is 0.317. The maximum atomic E-state index is 14.1. The Balaban J connectivity index is 2.36. The molecule has 29 heavy (non-hydrogen) atoms. The number of amides is 1. The van der Waals surface area contributed by atoms with Crippen molar-refractivity contribution in [1.82, 2.24) is 9.97 Å². The Morgan fingerprint density at radius 3 is 2.34 bits per heavy atom. The van der Waals surface area contributed by atoms with Gasteiger partial charge in [-0.15, -0.1) is 18.1 Å². The topological polar surface area (TPSA) is 55.3 Å². The first-order valence-electron chi connectivity index (χ1n) is 8.92. The third-order valence-electron chi connectivity index (χ3n) is 5.01. The first kappa shape index (κ1) is 24.2. The summed E-state index contributed by atoms with van der Waals surface area (Å²) in [7, 11) is -2.02. The number of carbonyl (C=O) groups excluding carboxylic acids is 1. The van der Waals surface area contributed by atoms with Gasteiger partial charge >= 0.3 is 0 Å². The van der Waals surface area contributed by atoms with Crippen LogP contribution in [0.5, 0.6) is 0 Å². The molecule has 0 saturated heterocycles. The fourth-order valence-corrected chi connectivity index (χ4v) is 4.02. The Morgan fingerprint density at radius 2 is 1.83 bits per heavy atom. The van der Waals surface area contributed by atoms with E-state index in [9.17, 15) is 9.18 Å². The molecule has 159 valence electrons. The summed E-state index contributed by atoms with van der Waals surface area (Å²) in [5, 5.41) is -0.114. The molecule has 0 fully saturated rings. The molecule has 1 aromatic carbocycles. The molecule has 0 atom stereocenters. The highest BCUT2D eigenvalue weighted by Gasteiger charge is 2.27. The molecule has 1 aromatic heterocycles. The second-order valence-electron chi connectivity index (χ2n) is 7.99. The smallest absolute Gasteiger partial charge is 0.264 e.